The van der Waals surface area contributed by atoms with E-state index in [1.807, 2.05) is 31.2 Å². The zero-order chi connectivity index (χ0) is 14.0. The molecule has 19 heavy (non-hydrogen) atoms. The van der Waals surface area contributed by atoms with Gasteiger partial charge in [-0.25, -0.2) is 4.79 Å². The highest BCUT2D eigenvalue weighted by Crippen LogP contribution is 2.24. The predicted octanol–water partition coefficient (Wildman–Crippen LogP) is 2.18. The molecule has 5 heteroatoms. The van der Waals surface area contributed by atoms with Gasteiger partial charge in [0.15, 0.2) is 0 Å². The molecule has 1 fully saturated rings. The van der Waals surface area contributed by atoms with E-state index in [2.05, 4.69) is 5.32 Å². The normalized spacial score (nSPS) is 16.6. The fourth-order valence-electron chi connectivity index (χ4n) is 2.04. The number of nitrogens with one attached hydrogen (secondary N) is 1. The molecule has 5 nitrogen and oxygen atoms in total. The number of nitrogens with zero attached hydrogens (tertiary/aromatic N) is 1. The topological polar surface area (TPSA) is 69.6 Å². The summed E-state index contributed by atoms with van der Waals surface area (Å²) in [6.45, 7) is 4.68. The van der Waals surface area contributed by atoms with Gasteiger partial charge in [0.1, 0.15) is 0 Å². The first-order chi connectivity index (χ1) is 8.97. The van der Waals surface area contributed by atoms with Crippen molar-refractivity contribution in [2.45, 2.75) is 13.8 Å². The Hall–Kier alpha value is -2.04. The van der Waals surface area contributed by atoms with Gasteiger partial charge in [0, 0.05) is 24.7 Å². The van der Waals surface area contributed by atoms with Crippen molar-refractivity contribution in [3.05, 3.63) is 29.8 Å². The Morgan fingerprint density at radius 2 is 1.89 bits per heavy atom. The molecular formula is C14H18N2O3. The third kappa shape index (κ3) is 3.05. The van der Waals surface area contributed by atoms with E-state index in [1.165, 1.54) is 0 Å². The second-order valence-electron chi connectivity index (χ2n) is 5.09. The van der Waals surface area contributed by atoms with E-state index in [1.54, 1.807) is 11.8 Å². The largest absolute Gasteiger partial charge is 0.481 e. The first-order valence-electron chi connectivity index (χ1n) is 6.33. The molecule has 1 aromatic rings. The van der Waals surface area contributed by atoms with Crippen LogP contribution in [0.25, 0.3) is 0 Å². The Bertz CT molecular complexity index is 478. The zero-order valence-electron chi connectivity index (χ0n) is 11.1. The highest BCUT2D eigenvalue weighted by Gasteiger charge is 2.37. The lowest BCUT2D eigenvalue weighted by Gasteiger charge is -2.41. The number of carboxylic acid groups (broad SMARTS) is 1. The molecular weight excluding hydrogens is 244 g/mol. The smallest absolute Gasteiger partial charge is 0.321 e. The molecule has 1 unspecified atom stereocenters. The number of aliphatic carboxylic acids is 1. The Kier molecular flexibility index (Phi) is 3.74. The molecule has 1 aliphatic rings. The van der Waals surface area contributed by atoms with E-state index in [-0.39, 0.29) is 11.9 Å². The second-order valence-corrected chi connectivity index (χ2v) is 5.09. The average Bonchev–Trinajstić information content (AvgIpc) is 2.30. The minimum Gasteiger partial charge on any atom is -0.481 e. The second kappa shape index (κ2) is 5.30. The fourth-order valence-corrected chi connectivity index (χ4v) is 2.04. The highest BCUT2D eigenvalue weighted by atomic mass is 16.4. The molecule has 2 rings (SSSR count). The van der Waals surface area contributed by atoms with E-state index >= 15 is 0 Å². The quantitative estimate of drug-likeness (QED) is 0.877. The first kappa shape index (κ1) is 13.4. The molecule has 102 valence electrons. The Balaban J connectivity index is 1.83. The number of hydrogen-bond acceptors (Lipinski definition) is 2. The molecule has 0 spiro atoms. The van der Waals surface area contributed by atoms with Crippen LogP contribution in [-0.2, 0) is 4.79 Å². The summed E-state index contributed by atoms with van der Waals surface area (Å²) in [5, 5.41) is 11.7. The summed E-state index contributed by atoms with van der Waals surface area (Å²) >= 11 is 0. The molecule has 1 heterocycles. The van der Waals surface area contributed by atoms with Crippen molar-refractivity contribution >= 4 is 17.7 Å². The maximum absolute atomic E-state index is 11.9. The molecule has 1 saturated heterocycles. The lowest BCUT2D eigenvalue weighted by molar-refractivity contribution is -0.144. The number of anilines is 1. The van der Waals surface area contributed by atoms with Gasteiger partial charge >= 0.3 is 12.0 Å². The van der Waals surface area contributed by atoms with Gasteiger partial charge in [0.2, 0.25) is 0 Å². The van der Waals surface area contributed by atoms with Gasteiger partial charge in [-0.2, -0.15) is 0 Å². The summed E-state index contributed by atoms with van der Waals surface area (Å²) in [6.07, 6.45) is 0. The first-order valence-corrected chi connectivity index (χ1v) is 6.33. The van der Waals surface area contributed by atoms with Crippen LogP contribution in [0.4, 0.5) is 10.5 Å². The summed E-state index contributed by atoms with van der Waals surface area (Å²) < 4.78 is 0. The van der Waals surface area contributed by atoms with Gasteiger partial charge in [0.25, 0.3) is 0 Å². The highest BCUT2D eigenvalue weighted by molar-refractivity contribution is 5.90. The number of rotatable bonds is 3. The van der Waals surface area contributed by atoms with Crippen LogP contribution in [0.15, 0.2) is 24.3 Å². The number of carbonyl (C=O) groups is 2. The molecule has 0 aliphatic carbocycles. The molecule has 1 aliphatic heterocycles. The van der Waals surface area contributed by atoms with E-state index in [0.29, 0.717) is 13.1 Å². The number of carboxylic acids is 1. The summed E-state index contributed by atoms with van der Waals surface area (Å²) in [7, 11) is 0. The van der Waals surface area contributed by atoms with Crippen LogP contribution in [0.3, 0.4) is 0 Å². The summed E-state index contributed by atoms with van der Waals surface area (Å²) in [4.78, 5) is 24.3. The Morgan fingerprint density at radius 1 is 1.32 bits per heavy atom. The minimum absolute atomic E-state index is 0.0567. The van der Waals surface area contributed by atoms with Crippen molar-refractivity contribution in [1.82, 2.24) is 4.90 Å². The number of aryl methyl sites for hydroxylation is 1. The van der Waals surface area contributed by atoms with E-state index < -0.39 is 11.9 Å². The maximum Gasteiger partial charge on any atom is 0.321 e. The lowest BCUT2D eigenvalue weighted by atomic mass is 9.87. The predicted molar refractivity (Wildman–Crippen MR) is 72.1 cm³/mol. The molecule has 0 aromatic heterocycles. The van der Waals surface area contributed by atoms with E-state index in [0.717, 1.165) is 11.3 Å². The van der Waals surface area contributed by atoms with Gasteiger partial charge < -0.3 is 15.3 Å². The number of carbonyl (C=O) groups excluding carboxylic acids is 1. The van der Waals surface area contributed by atoms with Crippen LogP contribution in [0.1, 0.15) is 12.5 Å². The van der Waals surface area contributed by atoms with Crippen molar-refractivity contribution in [3.8, 4) is 0 Å². The molecule has 2 amide bonds. The maximum atomic E-state index is 11.9. The van der Waals surface area contributed by atoms with Crippen molar-refractivity contribution in [2.24, 2.45) is 11.8 Å². The number of amides is 2. The standard InChI is InChI=1S/C14H18N2O3/c1-9-3-5-12(6-4-9)15-14(19)16-7-11(8-16)10(2)13(17)18/h3-6,10-11H,7-8H2,1-2H3,(H,15,19)(H,17,18). The van der Waals surface area contributed by atoms with Crippen LogP contribution < -0.4 is 5.32 Å². The van der Waals surface area contributed by atoms with E-state index in [4.69, 9.17) is 5.11 Å². The summed E-state index contributed by atoms with van der Waals surface area (Å²) in [5.41, 5.74) is 1.89. The van der Waals surface area contributed by atoms with Crippen molar-refractivity contribution in [3.63, 3.8) is 0 Å². The van der Waals surface area contributed by atoms with Crippen molar-refractivity contribution in [2.75, 3.05) is 18.4 Å². The van der Waals surface area contributed by atoms with Crippen LogP contribution >= 0.6 is 0 Å². The van der Waals surface area contributed by atoms with Crippen LogP contribution in [0.5, 0.6) is 0 Å². The number of hydrogen-bond donors (Lipinski definition) is 2. The number of benzene rings is 1. The van der Waals surface area contributed by atoms with Gasteiger partial charge in [-0.1, -0.05) is 24.6 Å². The monoisotopic (exact) mass is 262 g/mol. The number of urea groups is 1. The van der Waals surface area contributed by atoms with E-state index in [9.17, 15) is 9.59 Å². The van der Waals surface area contributed by atoms with Gasteiger partial charge in [-0.15, -0.1) is 0 Å². The lowest BCUT2D eigenvalue weighted by Crippen LogP contribution is -2.54. The van der Waals surface area contributed by atoms with Crippen molar-refractivity contribution < 1.29 is 14.7 Å². The van der Waals surface area contributed by atoms with Gasteiger partial charge in [-0.3, -0.25) is 4.79 Å². The van der Waals surface area contributed by atoms with Crippen molar-refractivity contribution in [1.29, 1.82) is 0 Å². The van der Waals surface area contributed by atoms with Crippen LogP contribution in [0.2, 0.25) is 0 Å². The van der Waals surface area contributed by atoms with Gasteiger partial charge in [-0.05, 0) is 19.1 Å². The molecule has 0 saturated carbocycles. The summed E-state index contributed by atoms with van der Waals surface area (Å²) in [6, 6.07) is 7.40. The van der Waals surface area contributed by atoms with Crippen LogP contribution in [-0.4, -0.2) is 35.1 Å². The zero-order valence-corrected chi connectivity index (χ0v) is 11.1. The number of likely N-dealkylation sites (tertiary alicyclic amines) is 1. The van der Waals surface area contributed by atoms with Gasteiger partial charge in [0.05, 0.1) is 5.92 Å². The third-order valence-corrected chi connectivity index (χ3v) is 3.60. The Morgan fingerprint density at radius 3 is 2.42 bits per heavy atom. The molecule has 0 bridgehead atoms. The average molecular weight is 262 g/mol. The Labute approximate surface area is 112 Å². The molecule has 1 atom stereocenters. The minimum atomic E-state index is -0.802. The third-order valence-electron chi connectivity index (χ3n) is 3.60. The molecule has 0 radical (unpaired) electrons. The molecule has 1 aromatic carbocycles. The SMILES string of the molecule is Cc1ccc(NC(=O)N2CC(C(C)C(=O)O)C2)cc1. The molecule has 2 N–H and O–H groups in total. The summed E-state index contributed by atoms with van der Waals surface area (Å²) in [5.74, 6) is -1.15. The van der Waals surface area contributed by atoms with Crippen LogP contribution in [0, 0.1) is 18.8 Å². The fraction of sp³-hybridized carbons (Fsp3) is 0.429.